The molecule has 2 unspecified atom stereocenters. The lowest BCUT2D eigenvalue weighted by Gasteiger charge is -2.57. The molecule has 0 aromatic rings. The van der Waals surface area contributed by atoms with Crippen molar-refractivity contribution in [3.05, 3.63) is 0 Å². The van der Waals surface area contributed by atoms with E-state index in [1.165, 1.54) is 0 Å². The number of carbonyl (C=O) groups excluding carboxylic acids is 3. The van der Waals surface area contributed by atoms with Crippen LogP contribution in [-0.2, 0) is 28.7 Å². The number of hydrogen-bond donors (Lipinski definition) is 1. The van der Waals surface area contributed by atoms with Crippen LogP contribution in [0.5, 0.6) is 0 Å². The van der Waals surface area contributed by atoms with Gasteiger partial charge in [-0.3, -0.25) is 4.79 Å². The molecule has 0 radical (unpaired) electrons. The summed E-state index contributed by atoms with van der Waals surface area (Å²) < 4.78 is 88.2. The number of carboxylic acid groups (broad SMARTS) is 2. The molecule has 1 N–H and O–H groups in total. The first kappa shape index (κ1) is 24.1. The normalized spacial score (nSPS) is 31.8. The van der Waals surface area contributed by atoms with E-state index in [4.69, 9.17) is 4.74 Å². The lowest BCUT2D eigenvalue weighted by Crippen LogP contribution is -2.64. The van der Waals surface area contributed by atoms with Crippen molar-refractivity contribution >= 4 is 23.9 Å². The lowest BCUT2D eigenvalue weighted by atomic mass is 9.48. The van der Waals surface area contributed by atoms with Crippen LogP contribution < -0.4 is 5.11 Å². The molecule has 4 saturated carbocycles. The topological polar surface area (TPSA) is 130 Å². The van der Waals surface area contributed by atoms with Crippen molar-refractivity contribution < 1.29 is 65.2 Å². The molecule has 0 saturated heterocycles. The van der Waals surface area contributed by atoms with Crippen molar-refractivity contribution in [2.45, 2.75) is 56.0 Å². The molecule has 4 bridgehead atoms. The Labute approximate surface area is 175 Å². The number of halogens is 6. The molecule has 2 atom stereocenters. The highest BCUT2D eigenvalue weighted by molar-refractivity contribution is 5.84. The molecular formula is C18H17F6O8-. The van der Waals surface area contributed by atoms with E-state index in [9.17, 15) is 55.7 Å². The molecule has 4 fully saturated rings. The minimum Gasteiger partial charge on any atom is -0.544 e. The van der Waals surface area contributed by atoms with Crippen LogP contribution in [0.3, 0.4) is 0 Å². The summed E-state index contributed by atoms with van der Waals surface area (Å²) in [6.45, 7) is -1.62. The van der Waals surface area contributed by atoms with E-state index in [1.54, 1.807) is 0 Å². The minimum absolute atomic E-state index is 0.114. The van der Waals surface area contributed by atoms with Crippen LogP contribution in [0.4, 0.5) is 26.3 Å². The van der Waals surface area contributed by atoms with E-state index >= 15 is 0 Å². The molecule has 32 heavy (non-hydrogen) atoms. The first-order valence-corrected chi connectivity index (χ1v) is 9.50. The molecule has 0 aromatic heterocycles. The van der Waals surface area contributed by atoms with Crippen molar-refractivity contribution in [1.29, 1.82) is 0 Å². The Balaban J connectivity index is 1.60. The van der Waals surface area contributed by atoms with Gasteiger partial charge in [0.25, 0.3) is 0 Å². The Morgan fingerprint density at radius 3 is 1.94 bits per heavy atom. The highest BCUT2D eigenvalue weighted by Crippen LogP contribution is 2.60. The fourth-order valence-electron chi connectivity index (χ4n) is 5.29. The summed E-state index contributed by atoms with van der Waals surface area (Å²) in [4.78, 5) is 44.9. The molecule has 0 heterocycles. The third-order valence-electron chi connectivity index (χ3n) is 6.53. The number of hydrogen-bond acceptors (Lipinski definition) is 7. The third kappa shape index (κ3) is 3.56. The summed E-state index contributed by atoms with van der Waals surface area (Å²) in [5, 5.41) is 19.6. The SMILES string of the molecule is O=C(COC(=O)C(F)(F)C(F)(F)C(F)(F)C(=O)[O-])OC1C2CC3CC1CC(C(=O)O)(C3)C2. The van der Waals surface area contributed by atoms with Crippen molar-refractivity contribution in [3.8, 4) is 0 Å². The van der Waals surface area contributed by atoms with E-state index in [1.807, 2.05) is 0 Å². The van der Waals surface area contributed by atoms with Gasteiger partial charge in [-0.05, 0) is 49.9 Å². The second-order valence-electron chi connectivity index (χ2n) is 8.60. The average molecular weight is 475 g/mol. The van der Waals surface area contributed by atoms with Crippen molar-refractivity contribution in [3.63, 3.8) is 0 Å². The number of esters is 2. The smallest absolute Gasteiger partial charge is 0.411 e. The van der Waals surface area contributed by atoms with Crippen LogP contribution in [0.2, 0.25) is 0 Å². The van der Waals surface area contributed by atoms with Gasteiger partial charge in [0, 0.05) is 0 Å². The van der Waals surface area contributed by atoms with Gasteiger partial charge in [0.15, 0.2) is 6.61 Å². The molecule has 8 nitrogen and oxygen atoms in total. The second kappa shape index (κ2) is 7.51. The van der Waals surface area contributed by atoms with Crippen LogP contribution in [0.25, 0.3) is 0 Å². The fraction of sp³-hybridized carbons (Fsp3) is 0.778. The number of carbonyl (C=O) groups is 4. The molecule has 0 amide bonds. The van der Waals surface area contributed by atoms with Gasteiger partial charge in [0.2, 0.25) is 0 Å². The molecular weight excluding hydrogens is 458 g/mol. The van der Waals surface area contributed by atoms with Crippen LogP contribution in [0, 0.1) is 23.2 Å². The van der Waals surface area contributed by atoms with Crippen molar-refractivity contribution in [2.75, 3.05) is 6.61 Å². The molecule has 180 valence electrons. The summed E-state index contributed by atoms with van der Waals surface area (Å²) in [6.07, 6.45) is 1.26. The zero-order valence-electron chi connectivity index (χ0n) is 16.1. The maximum atomic E-state index is 13.5. The van der Waals surface area contributed by atoms with Crippen LogP contribution in [-0.4, -0.2) is 59.5 Å². The number of ether oxygens (including phenoxy) is 2. The van der Waals surface area contributed by atoms with Gasteiger partial charge in [-0.15, -0.1) is 0 Å². The zero-order chi connectivity index (χ0) is 24.3. The van der Waals surface area contributed by atoms with Gasteiger partial charge in [0.1, 0.15) is 12.1 Å². The Morgan fingerprint density at radius 1 is 0.938 bits per heavy atom. The average Bonchev–Trinajstić information content (AvgIpc) is 2.67. The summed E-state index contributed by atoms with van der Waals surface area (Å²) in [5.41, 5.74) is -0.941. The number of alkyl halides is 6. The Morgan fingerprint density at radius 2 is 1.47 bits per heavy atom. The summed E-state index contributed by atoms with van der Waals surface area (Å²) >= 11 is 0. The highest BCUT2D eigenvalue weighted by atomic mass is 19.3. The fourth-order valence-corrected chi connectivity index (χ4v) is 5.29. The Bertz CT molecular complexity index is 827. The van der Waals surface area contributed by atoms with Gasteiger partial charge < -0.3 is 24.5 Å². The first-order valence-electron chi connectivity index (χ1n) is 9.50. The Hall–Kier alpha value is -2.54. The molecule has 14 heteroatoms. The van der Waals surface area contributed by atoms with E-state index in [0.29, 0.717) is 19.3 Å². The van der Waals surface area contributed by atoms with E-state index in [2.05, 4.69) is 4.74 Å². The summed E-state index contributed by atoms with van der Waals surface area (Å²) in [5.74, 6) is -29.5. The summed E-state index contributed by atoms with van der Waals surface area (Å²) in [6, 6.07) is 0. The molecule has 0 spiro atoms. The Kier molecular flexibility index (Phi) is 5.66. The monoisotopic (exact) mass is 475 g/mol. The predicted octanol–water partition coefficient (Wildman–Crippen LogP) is 1.01. The number of aliphatic carboxylic acids is 2. The third-order valence-corrected chi connectivity index (χ3v) is 6.53. The number of carboxylic acids is 2. The van der Waals surface area contributed by atoms with E-state index < -0.39 is 59.8 Å². The van der Waals surface area contributed by atoms with E-state index in [0.717, 1.165) is 0 Å². The molecule has 4 aliphatic carbocycles. The standard InChI is InChI=1S/C18H18F6O8/c19-16(20,13(28)29)18(23,24)17(21,22)14(30)31-6-10(25)32-11-8-1-7-2-9(11)5-15(3-7,4-8)12(26)27/h7-9,11H,1-6H2,(H,26,27)(H,28,29)/p-1. The molecule has 4 rings (SSSR count). The largest absolute Gasteiger partial charge is 0.544 e. The predicted molar refractivity (Wildman–Crippen MR) is 84.3 cm³/mol. The zero-order valence-corrected chi connectivity index (χ0v) is 16.1. The summed E-state index contributed by atoms with van der Waals surface area (Å²) in [7, 11) is 0. The first-order chi connectivity index (χ1) is 14.5. The van der Waals surface area contributed by atoms with Gasteiger partial charge in [-0.1, -0.05) is 0 Å². The molecule has 4 aliphatic rings. The van der Waals surface area contributed by atoms with Gasteiger partial charge in [-0.2, -0.15) is 26.3 Å². The number of rotatable bonds is 8. The van der Waals surface area contributed by atoms with Gasteiger partial charge in [-0.25, -0.2) is 9.59 Å². The molecule has 0 aliphatic heterocycles. The van der Waals surface area contributed by atoms with Crippen LogP contribution in [0.1, 0.15) is 32.1 Å². The van der Waals surface area contributed by atoms with Crippen LogP contribution >= 0.6 is 0 Å². The van der Waals surface area contributed by atoms with Crippen molar-refractivity contribution in [1.82, 2.24) is 0 Å². The maximum Gasteiger partial charge on any atom is 0.411 e. The van der Waals surface area contributed by atoms with Gasteiger partial charge in [0.05, 0.1) is 5.41 Å². The van der Waals surface area contributed by atoms with Gasteiger partial charge >= 0.3 is 35.7 Å². The maximum absolute atomic E-state index is 13.5. The highest BCUT2D eigenvalue weighted by Gasteiger charge is 2.76. The quantitative estimate of drug-likeness (QED) is 0.407. The van der Waals surface area contributed by atoms with Crippen molar-refractivity contribution in [2.24, 2.45) is 23.2 Å². The lowest BCUT2D eigenvalue weighted by molar-refractivity contribution is -0.366. The molecule has 0 aromatic carbocycles. The second-order valence-corrected chi connectivity index (χ2v) is 8.60. The van der Waals surface area contributed by atoms with Crippen LogP contribution in [0.15, 0.2) is 0 Å². The van der Waals surface area contributed by atoms with E-state index in [-0.39, 0.29) is 30.6 Å². The minimum atomic E-state index is -6.70.